The van der Waals surface area contributed by atoms with E-state index in [1.54, 1.807) is 13.2 Å². The van der Waals surface area contributed by atoms with Crippen LogP contribution >= 0.6 is 0 Å². The number of anilines is 1. The third-order valence-electron chi connectivity index (χ3n) is 2.92. The van der Waals surface area contributed by atoms with Gasteiger partial charge in [-0.15, -0.1) is 0 Å². The SMILES string of the molecule is CCCCC(CC)COc1cc(OC)nc(N)n1. The number of aromatic nitrogens is 2. The number of hydrogen-bond acceptors (Lipinski definition) is 5. The van der Waals surface area contributed by atoms with Crippen molar-refractivity contribution in [2.24, 2.45) is 5.92 Å². The molecular formula is C13H23N3O2. The molecule has 1 rings (SSSR count). The second-order valence-electron chi connectivity index (χ2n) is 4.33. The van der Waals surface area contributed by atoms with Gasteiger partial charge in [0.1, 0.15) is 0 Å². The van der Waals surface area contributed by atoms with E-state index in [-0.39, 0.29) is 5.95 Å². The van der Waals surface area contributed by atoms with E-state index in [1.807, 2.05) is 0 Å². The van der Waals surface area contributed by atoms with Gasteiger partial charge in [0.15, 0.2) is 0 Å². The topological polar surface area (TPSA) is 70.3 Å². The summed E-state index contributed by atoms with van der Waals surface area (Å²) in [6.07, 6.45) is 4.74. The number of hydrogen-bond donors (Lipinski definition) is 1. The minimum atomic E-state index is 0.172. The molecule has 5 heteroatoms. The minimum Gasteiger partial charge on any atom is -0.481 e. The van der Waals surface area contributed by atoms with Crippen LogP contribution in [0.15, 0.2) is 6.07 Å². The van der Waals surface area contributed by atoms with E-state index in [0.717, 1.165) is 6.42 Å². The van der Waals surface area contributed by atoms with E-state index >= 15 is 0 Å². The van der Waals surface area contributed by atoms with E-state index in [9.17, 15) is 0 Å². The number of nitrogens with two attached hydrogens (primary N) is 1. The molecule has 0 bridgehead atoms. The summed E-state index contributed by atoms with van der Waals surface area (Å²) in [5, 5.41) is 0. The van der Waals surface area contributed by atoms with Crippen LogP contribution in [0.1, 0.15) is 39.5 Å². The molecule has 0 fully saturated rings. The summed E-state index contributed by atoms with van der Waals surface area (Å²) in [6, 6.07) is 1.66. The van der Waals surface area contributed by atoms with Crippen LogP contribution in [0.5, 0.6) is 11.8 Å². The molecule has 2 N–H and O–H groups in total. The van der Waals surface area contributed by atoms with Crippen LogP contribution in [0.2, 0.25) is 0 Å². The van der Waals surface area contributed by atoms with Crippen molar-refractivity contribution in [3.63, 3.8) is 0 Å². The quantitative estimate of drug-likeness (QED) is 0.771. The van der Waals surface area contributed by atoms with E-state index in [1.165, 1.54) is 19.3 Å². The number of unbranched alkanes of at least 4 members (excludes halogenated alkanes) is 1. The van der Waals surface area contributed by atoms with Gasteiger partial charge in [-0.1, -0.05) is 33.1 Å². The van der Waals surface area contributed by atoms with Crippen LogP contribution in [0.3, 0.4) is 0 Å². The van der Waals surface area contributed by atoms with Crippen LogP contribution in [0.25, 0.3) is 0 Å². The predicted molar refractivity (Wildman–Crippen MR) is 71.8 cm³/mol. The van der Waals surface area contributed by atoms with Gasteiger partial charge in [-0.2, -0.15) is 9.97 Å². The Morgan fingerprint density at radius 2 is 2.00 bits per heavy atom. The standard InChI is InChI=1S/C13H23N3O2/c1-4-6-7-10(5-2)9-18-12-8-11(17-3)15-13(14)16-12/h8,10H,4-7,9H2,1-3H3,(H2,14,15,16). The summed E-state index contributed by atoms with van der Waals surface area (Å²) in [7, 11) is 1.54. The first-order valence-corrected chi connectivity index (χ1v) is 6.50. The van der Waals surface area contributed by atoms with Gasteiger partial charge in [-0.25, -0.2) is 0 Å². The summed E-state index contributed by atoms with van der Waals surface area (Å²) in [5.74, 6) is 1.64. The fourth-order valence-electron chi connectivity index (χ4n) is 1.70. The highest BCUT2D eigenvalue weighted by Crippen LogP contribution is 2.19. The molecule has 1 heterocycles. The van der Waals surface area contributed by atoms with E-state index in [4.69, 9.17) is 15.2 Å². The lowest BCUT2D eigenvalue weighted by molar-refractivity contribution is 0.224. The Labute approximate surface area is 109 Å². The molecule has 1 atom stereocenters. The largest absolute Gasteiger partial charge is 0.481 e. The van der Waals surface area contributed by atoms with Gasteiger partial charge < -0.3 is 15.2 Å². The Balaban J connectivity index is 2.53. The molecule has 0 saturated carbocycles. The molecular weight excluding hydrogens is 230 g/mol. The lowest BCUT2D eigenvalue weighted by Gasteiger charge is -2.15. The normalized spacial score (nSPS) is 12.2. The third kappa shape index (κ3) is 4.77. The average Bonchev–Trinajstić information content (AvgIpc) is 2.38. The molecule has 0 aliphatic heterocycles. The second kappa shape index (κ2) is 7.74. The van der Waals surface area contributed by atoms with Gasteiger partial charge in [0, 0.05) is 0 Å². The maximum atomic E-state index is 5.67. The fourth-order valence-corrected chi connectivity index (χ4v) is 1.70. The molecule has 1 unspecified atom stereocenters. The Kier molecular flexibility index (Phi) is 6.25. The minimum absolute atomic E-state index is 0.172. The zero-order valence-corrected chi connectivity index (χ0v) is 11.5. The first kappa shape index (κ1) is 14.5. The number of nitrogen functional groups attached to an aromatic ring is 1. The molecule has 102 valence electrons. The summed E-state index contributed by atoms with van der Waals surface area (Å²) in [4.78, 5) is 7.95. The summed E-state index contributed by atoms with van der Waals surface area (Å²) in [6.45, 7) is 5.04. The summed E-state index contributed by atoms with van der Waals surface area (Å²) in [5.41, 5.74) is 5.57. The molecule has 5 nitrogen and oxygen atoms in total. The molecule has 0 saturated heterocycles. The van der Waals surface area contributed by atoms with Gasteiger partial charge in [-0.05, 0) is 12.3 Å². The number of nitrogens with zero attached hydrogens (tertiary/aromatic N) is 2. The van der Waals surface area contributed by atoms with Gasteiger partial charge in [0.25, 0.3) is 0 Å². The second-order valence-corrected chi connectivity index (χ2v) is 4.33. The smallest absolute Gasteiger partial charge is 0.226 e. The first-order valence-electron chi connectivity index (χ1n) is 6.50. The maximum absolute atomic E-state index is 5.67. The van der Waals surface area contributed by atoms with E-state index < -0.39 is 0 Å². The van der Waals surface area contributed by atoms with Crippen molar-refractivity contribution in [3.05, 3.63) is 6.07 Å². The highest BCUT2D eigenvalue weighted by atomic mass is 16.5. The molecule has 0 spiro atoms. The third-order valence-corrected chi connectivity index (χ3v) is 2.92. The molecule has 0 aliphatic rings. The zero-order chi connectivity index (χ0) is 13.4. The van der Waals surface area contributed by atoms with Crippen molar-refractivity contribution in [1.82, 2.24) is 9.97 Å². The Hall–Kier alpha value is -1.52. The van der Waals surface area contributed by atoms with Crippen LogP contribution in [0.4, 0.5) is 5.95 Å². The van der Waals surface area contributed by atoms with Gasteiger partial charge in [0.05, 0.1) is 19.8 Å². The molecule has 18 heavy (non-hydrogen) atoms. The fraction of sp³-hybridized carbons (Fsp3) is 0.692. The molecule has 1 aromatic rings. The Morgan fingerprint density at radius 3 is 2.61 bits per heavy atom. The van der Waals surface area contributed by atoms with Gasteiger partial charge in [-0.3, -0.25) is 0 Å². The number of ether oxygens (including phenoxy) is 2. The van der Waals surface area contributed by atoms with E-state index in [0.29, 0.717) is 24.3 Å². The molecule has 0 radical (unpaired) electrons. The highest BCUT2D eigenvalue weighted by molar-refractivity contribution is 5.29. The highest BCUT2D eigenvalue weighted by Gasteiger charge is 2.09. The first-order chi connectivity index (χ1) is 8.69. The van der Waals surface area contributed by atoms with Crippen molar-refractivity contribution >= 4 is 5.95 Å². The molecule has 0 amide bonds. The summed E-state index contributed by atoms with van der Waals surface area (Å²) >= 11 is 0. The van der Waals surface area contributed by atoms with Crippen molar-refractivity contribution in [1.29, 1.82) is 0 Å². The lowest BCUT2D eigenvalue weighted by atomic mass is 10.0. The van der Waals surface area contributed by atoms with Crippen molar-refractivity contribution < 1.29 is 9.47 Å². The van der Waals surface area contributed by atoms with Crippen LogP contribution in [0, 0.1) is 5.92 Å². The summed E-state index contributed by atoms with van der Waals surface area (Å²) < 4.78 is 10.7. The van der Waals surface area contributed by atoms with Crippen LogP contribution < -0.4 is 15.2 Å². The van der Waals surface area contributed by atoms with Gasteiger partial charge in [0.2, 0.25) is 17.7 Å². The Bertz CT molecular complexity index is 358. The number of methoxy groups -OCH3 is 1. The molecule has 0 aromatic carbocycles. The zero-order valence-electron chi connectivity index (χ0n) is 11.5. The number of rotatable bonds is 8. The molecule has 1 aromatic heterocycles. The van der Waals surface area contributed by atoms with Crippen LogP contribution in [-0.2, 0) is 0 Å². The molecule has 0 aliphatic carbocycles. The maximum Gasteiger partial charge on any atom is 0.226 e. The van der Waals surface area contributed by atoms with Crippen molar-refractivity contribution in [2.45, 2.75) is 39.5 Å². The van der Waals surface area contributed by atoms with Crippen molar-refractivity contribution in [2.75, 3.05) is 19.5 Å². The van der Waals surface area contributed by atoms with E-state index in [2.05, 4.69) is 23.8 Å². The Morgan fingerprint density at radius 1 is 1.28 bits per heavy atom. The monoisotopic (exact) mass is 253 g/mol. The lowest BCUT2D eigenvalue weighted by Crippen LogP contribution is -2.12. The average molecular weight is 253 g/mol. The van der Waals surface area contributed by atoms with Crippen LogP contribution in [-0.4, -0.2) is 23.7 Å². The van der Waals surface area contributed by atoms with Gasteiger partial charge >= 0.3 is 0 Å². The predicted octanol–water partition coefficient (Wildman–Crippen LogP) is 2.66. The van der Waals surface area contributed by atoms with Crippen molar-refractivity contribution in [3.8, 4) is 11.8 Å².